The number of rotatable bonds is 5. The highest BCUT2D eigenvalue weighted by Crippen LogP contribution is 2.54. The van der Waals surface area contributed by atoms with E-state index in [2.05, 4.69) is 18.0 Å². The maximum Gasteiger partial charge on any atom is 0.255 e. The minimum absolute atomic E-state index is 0.0849. The van der Waals surface area contributed by atoms with E-state index < -0.39 is 6.10 Å². The zero-order valence-electron chi connectivity index (χ0n) is 17.0. The number of carbonyl (C=O) groups is 1. The number of methoxy groups -OCH3 is 1. The zero-order chi connectivity index (χ0) is 20.6. The molecule has 2 aliphatic rings. The molecule has 152 valence electrons. The average molecular weight is 394 g/mol. The Labute approximate surface area is 170 Å². The fraction of sp³-hybridized carbons (Fsp3) is 0.391. The fourth-order valence-corrected chi connectivity index (χ4v) is 4.52. The molecule has 0 saturated heterocycles. The third kappa shape index (κ3) is 3.17. The van der Waals surface area contributed by atoms with Crippen molar-refractivity contribution in [2.75, 3.05) is 14.2 Å². The van der Waals surface area contributed by atoms with Crippen molar-refractivity contribution in [3.8, 4) is 11.5 Å². The van der Waals surface area contributed by atoms with Gasteiger partial charge in [0.15, 0.2) is 11.5 Å². The van der Waals surface area contributed by atoms with Crippen molar-refractivity contribution < 1.29 is 19.4 Å². The zero-order valence-corrected chi connectivity index (χ0v) is 17.0. The van der Waals surface area contributed by atoms with Crippen molar-refractivity contribution in [1.82, 2.24) is 9.88 Å². The van der Waals surface area contributed by atoms with E-state index in [1.807, 2.05) is 18.2 Å². The summed E-state index contributed by atoms with van der Waals surface area (Å²) in [5.41, 5.74) is 2.29. The lowest BCUT2D eigenvalue weighted by Gasteiger charge is -2.36. The third-order valence-corrected chi connectivity index (χ3v) is 6.05. The molecule has 1 aromatic heterocycles. The fourth-order valence-electron chi connectivity index (χ4n) is 4.52. The highest BCUT2D eigenvalue weighted by molar-refractivity contribution is 5.93. The molecule has 0 saturated carbocycles. The Balaban J connectivity index is 1.74. The Kier molecular flexibility index (Phi) is 5.04. The van der Waals surface area contributed by atoms with Gasteiger partial charge in [-0.1, -0.05) is 25.1 Å². The molecular weight excluding hydrogens is 368 g/mol. The average Bonchev–Trinajstić information content (AvgIpc) is 3.09. The molecular formula is C23H26N2O4. The Hall–Kier alpha value is -2.86. The summed E-state index contributed by atoms with van der Waals surface area (Å²) in [7, 11) is 3.42. The number of benzene rings is 1. The summed E-state index contributed by atoms with van der Waals surface area (Å²) in [6.45, 7) is 2.57. The second-order valence-corrected chi connectivity index (χ2v) is 7.70. The summed E-state index contributed by atoms with van der Waals surface area (Å²) in [5, 5.41) is 10.1. The standard InChI is InChI=1S/C23H26N2O4/c1-4-23-10-9-17(26)12-19(23)29-21-18(28-3)8-7-16(20(21)23)14-25(2)22(27)15-6-5-11-24-13-15/h5-11,13,17,19,26H,4,12,14H2,1-3H3/t17-,19?,23+/m0/s1. The first-order chi connectivity index (χ1) is 14.0. The lowest BCUT2D eigenvalue weighted by molar-refractivity contribution is 0.0783. The van der Waals surface area contributed by atoms with Gasteiger partial charge in [0, 0.05) is 38.0 Å². The Morgan fingerprint density at radius 3 is 2.93 bits per heavy atom. The van der Waals surface area contributed by atoms with Crippen molar-refractivity contribution in [1.29, 1.82) is 0 Å². The topological polar surface area (TPSA) is 71.9 Å². The molecule has 0 radical (unpaired) electrons. The van der Waals surface area contributed by atoms with Gasteiger partial charge in [0.05, 0.1) is 24.2 Å². The summed E-state index contributed by atoms with van der Waals surface area (Å²) in [4.78, 5) is 18.6. The van der Waals surface area contributed by atoms with E-state index in [0.29, 0.717) is 24.3 Å². The van der Waals surface area contributed by atoms with Crippen molar-refractivity contribution in [2.24, 2.45) is 0 Å². The van der Waals surface area contributed by atoms with E-state index in [-0.39, 0.29) is 17.4 Å². The van der Waals surface area contributed by atoms with Gasteiger partial charge in [0.1, 0.15) is 6.10 Å². The molecule has 4 rings (SSSR count). The smallest absolute Gasteiger partial charge is 0.255 e. The second kappa shape index (κ2) is 7.52. The van der Waals surface area contributed by atoms with Crippen LogP contribution in [0.4, 0.5) is 0 Å². The summed E-state index contributed by atoms with van der Waals surface area (Å²) >= 11 is 0. The third-order valence-electron chi connectivity index (χ3n) is 6.05. The van der Waals surface area contributed by atoms with Crippen molar-refractivity contribution in [2.45, 2.75) is 43.9 Å². The number of aromatic nitrogens is 1. The van der Waals surface area contributed by atoms with Gasteiger partial charge in [-0.15, -0.1) is 0 Å². The van der Waals surface area contributed by atoms with Crippen LogP contribution in [0.5, 0.6) is 11.5 Å². The molecule has 2 aromatic rings. The van der Waals surface area contributed by atoms with Crippen molar-refractivity contribution in [3.05, 3.63) is 65.5 Å². The van der Waals surface area contributed by atoms with Gasteiger partial charge in [-0.05, 0) is 30.2 Å². The Morgan fingerprint density at radius 1 is 1.41 bits per heavy atom. The highest BCUT2D eigenvalue weighted by atomic mass is 16.5. The maximum atomic E-state index is 12.8. The largest absolute Gasteiger partial charge is 0.493 e. The van der Waals surface area contributed by atoms with E-state index in [1.54, 1.807) is 43.6 Å². The first-order valence-electron chi connectivity index (χ1n) is 9.90. The monoisotopic (exact) mass is 394 g/mol. The lowest BCUT2D eigenvalue weighted by atomic mass is 9.69. The van der Waals surface area contributed by atoms with E-state index in [1.165, 1.54) is 0 Å². The van der Waals surface area contributed by atoms with Crippen LogP contribution in [0.2, 0.25) is 0 Å². The number of hydrogen-bond acceptors (Lipinski definition) is 5. The van der Waals surface area contributed by atoms with Crippen LogP contribution in [0.15, 0.2) is 48.8 Å². The lowest BCUT2D eigenvalue weighted by Crippen LogP contribution is -2.42. The minimum atomic E-state index is -0.515. The molecule has 1 unspecified atom stereocenters. The number of ether oxygens (including phenoxy) is 2. The number of hydrogen-bond donors (Lipinski definition) is 1. The van der Waals surface area contributed by atoms with Gasteiger partial charge in [-0.3, -0.25) is 9.78 Å². The van der Waals surface area contributed by atoms with E-state index in [4.69, 9.17) is 9.47 Å². The van der Waals surface area contributed by atoms with Gasteiger partial charge in [-0.2, -0.15) is 0 Å². The van der Waals surface area contributed by atoms with Gasteiger partial charge in [0.2, 0.25) is 0 Å². The molecule has 0 spiro atoms. The van der Waals surface area contributed by atoms with Crippen LogP contribution in [-0.2, 0) is 12.0 Å². The SMILES string of the molecule is CC[C@@]12C=C[C@H](O)CC1Oc1c(OC)ccc(CN(C)C(=O)c3cccnc3)c12. The number of amides is 1. The van der Waals surface area contributed by atoms with Crippen LogP contribution in [-0.4, -0.2) is 47.3 Å². The summed E-state index contributed by atoms with van der Waals surface area (Å²) < 4.78 is 11.9. The molecule has 1 N–H and O–H groups in total. The number of aliphatic hydroxyl groups is 1. The predicted molar refractivity (Wildman–Crippen MR) is 109 cm³/mol. The molecule has 1 amide bonds. The highest BCUT2D eigenvalue weighted by Gasteiger charge is 2.50. The number of aliphatic hydroxyl groups excluding tert-OH is 1. The van der Waals surface area contributed by atoms with Crippen LogP contribution < -0.4 is 9.47 Å². The number of nitrogens with zero attached hydrogens (tertiary/aromatic N) is 2. The van der Waals surface area contributed by atoms with Gasteiger partial charge in [-0.25, -0.2) is 0 Å². The van der Waals surface area contributed by atoms with E-state index >= 15 is 0 Å². The summed E-state index contributed by atoms with van der Waals surface area (Å²) in [6.07, 6.45) is 7.85. The normalized spacial score (nSPS) is 24.4. The first kappa shape index (κ1) is 19.5. The Morgan fingerprint density at radius 2 is 2.24 bits per heavy atom. The van der Waals surface area contributed by atoms with Crippen molar-refractivity contribution in [3.63, 3.8) is 0 Å². The first-order valence-corrected chi connectivity index (χ1v) is 9.90. The van der Waals surface area contributed by atoms with E-state index in [9.17, 15) is 9.90 Å². The molecule has 1 aliphatic heterocycles. The molecule has 6 heteroatoms. The van der Waals surface area contributed by atoms with Crippen LogP contribution in [0.25, 0.3) is 0 Å². The number of pyridine rings is 1. The molecule has 3 atom stereocenters. The van der Waals surface area contributed by atoms with Gasteiger partial charge < -0.3 is 19.5 Å². The summed E-state index contributed by atoms with van der Waals surface area (Å²) in [6, 6.07) is 7.42. The van der Waals surface area contributed by atoms with Gasteiger partial charge in [0.25, 0.3) is 5.91 Å². The van der Waals surface area contributed by atoms with Crippen LogP contribution >= 0.6 is 0 Å². The maximum absolute atomic E-state index is 12.8. The molecule has 6 nitrogen and oxygen atoms in total. The molecule has 0 fully saturated rings. The number of fused-ring (bicyclic) bond motifs is 3. The number of carbonyl (C=O) groups excluding carboxylic acids is 1. The molecule has 0 bridgehead atoms. The molecule has 1 aromatic carbocycles. The molecule has 2 heterocycles. The van der Waals surface area contributed by atoms with Crippen molar-refractivity contribution >= 4 is 5.91 Å². The van der Waals surface area contributed by atoms with Crippen LogP contribution in [0, 0.1) is 0 Å². The minimum Gasteiger partial charge on any atom is -0.493 e. The quantitative estimate of drug-likeness (QED) is 0.789. The second-order valence-electron chi connectivity index (χ2n) is 7.70. The van der Waals surface area contributed by atoms with Crippen LogP contribution in [0.3, 0.4) is 0 Å². The van der Waals surface area contributed by atoms with Gasteiger partial charge >= 0.3 is 0 Å². The van der Waals surface area contributed by atoms with E-state index in [0.717, 1.165) is 23.3 Å². The predicted octanol–water partition coefficient (Wildman–Crippen LogP) is 3.09. The Bertz CT molecular complexity index is 943. The van der Waals surface area contributed by atoms with Crippen LogP contribution in [0.1, 0.15) is 41.3 Å². The molecule has 29 heavy (non-hydrogen) atoms. The molecule has 1 aliphatic carbocycles. The summed E-state index contributed by atoms with van der Waals surface area (Å²) in [5.74, 6) is 1.31.